The molecule has 2 N–H and O–H groups in total. The van der Waals surface area contributed by atoms with Crippen LogP contribution in [0, 0.1) is 17.5 Å². The third kappa shape index (κ3) is 3.70. The molecule has 5 aromatic rings. The van der Waals surface area contributed by atoms with Crippen molar-refractivity contribution < 1.29 is 22.7 Å². The fraction of sp³-hybridized carbons (Fsp3) is 0.182. The molecule has 0 fully saturated rings. The van der Waals surface area contributed by atoms with Gasteiger partial charge >= 0.3 is 6.09 Å². The summed E-state index contributed by atoms with van der Waals surface area (Å²) in [7, 11) is 0. The van der Waals surface area contributed by atoms with E-state index in [1.54, 1.807) is 20.8 Å². The number of benzene rings is 2. The van der Waals surface area contributed by atoms with Crippen molar-refractivity contribution in [2.45, 2.75) is 26.4 Å². The Hall–Kier alpha value is -3.44. The van der Waals surface area contributed by atoms with E-state index in [1.807, 2.05) is 0 Å². The summed E-state index contributed by atoms with van der Waals surface area (Å²) >= 11 is 7.16. The molecule has 0 saturated heterocycles. The highest BCUT2D eigenvalue weighted by molar-refractivity contribution is 7.22. The molecule has 174 valence electrons. The number of thiazole rings is 1. The van der Waals surface area contributed by atoms with Gasteiger partial charge in [0.2, 0.25) is 0 Å². The van der Waals surface area contributed by atoms with Crippen molar-refractivity contribution in [3.8, 4) is 11.1 Å². The maximum absolute atomic E-state index is 15.7. The normalized spacial score (nSPS) is 12.1. The van der Waals surface area contributed by atoms with E-state index in [2.05, 4.69) is 25.5 Å². The Kier molecular flexibility index (Phi) is 5.14. The monoisotopic (exact) mass is 505 g/mol. The maximum atomic E-state index is 15.7. The fourth-order valence-electron chi connectivity index (χ4n) is 3.59. The molecule has 0 atom stereocenters. The van der Waals surface area contributed by atoms with Gasteiger partial charge in [0.1, 0.15) is 22.8 Å². The van der Waals surface area contributed by atoms with Gasteiger partial charge in [0, 0.05) is 34.2 Å². The number of hydrogen-bond acceptors (Lipinski definition) is 6. The number of pyridine rings is 1. The van der Waals surface area contributed by atoms with E-state index in [-0.39, 0.29) is 37.0 Å². The molecule has 1 amide bonds. The first-order valence-electron chi connectivity index (χ1n) is 9.92. The zero-order valence-corrected chi connectivity index (χ0v) is 19.5. The van der Waals surface area contributed by atoms with Crippen LogP contribution in [0.15, 0.2) is 24.5 Å². The van der Waals surface area contributed by atoms with E-state index in [1.165, 1.54) is 18.5 Å². The number of anilines is 1. The van der Waals surface area contributed by atoms with Gasteiger partial charge in [-0.25, -0.2) is 22.9 Å². The number of hydrogen-bond donors (Lipinski definition) is 2. The van der Waals surface area contributed by atoms with Crippen molar-refractivity contribution in [1.29, 1.82) is 0 Å². The van der Waals surface area contributed by atoms with Crippen molar-refractivity contribution in [2.75, 3.05) is 5.32 Å². The van der Waals surface area contributed by atoms with Crippen LogP contribution >= 0.6 is 22.9 Å². The molecule has 0 spiro atoms. The topological polar surface area (TPSA) is 92.8 Å². The second kappa shape index (κ2) is 7.81. The molecule has 7 nitrogen and oxygen atoms in total. The van der Waals surface area contributed by atoms with Crippen LogP contribution < -0.4 is 5.32 Å². The Morgan fingerprint density at radius 2 is 1.88 bits per heavy atom. The van der Waals surface area contributed by atoms with Crippen LogP contribution in [0.2, 0.25) is 5.02 Å². The Labute approximate surface area is 198 Å². The number of halogens is 4. The van der Waals surface area contributed by atoms with Crippen molar-refractivity contribution in [3.63, 3.8) is 0 Å². The number of aromatic amines is 1. The molecule has 0 unspecified atom stereocenters. The summed E-state index contributed by atoms with van der Waals surface area (Å²) in [4.78, 5) is 20.4. The summed E-state index contributed by atoms with van der Waals surface area (Å²) < 4.78 is 50.5. The number of aromatic nitrogens is 4. The molecule has 0 saturated carbocycles. The van der Waals surface area contributed by atoms with Gasteiger partial charge in [-0.1, -0.05) is 22.9 Å². The third-order valence-corrected chi connectivity index (χ3v) is 6.17. The molecule has 0 aliphatic carbocycles. The number of nitrogens with one attached hydrogen (secondary N) is 2. The van der Waals surface area contributed by atoms with E-state index in [4.69, 9.17) is 16.3 Å². The van der Waals surface area contributed by atoms with Crippen molar-refractivity contribution >= 4 is 66.2 Å². The summed E-state index contributed by atoms with van der Waals surface area (Å²) in [5, 5.41) is 9.89. The standard InChI is InChI=1S/C22H15ClF3N5O2S/c1-22(2,3)33-21(32)30-20-29-18-14(11(24)5-12(25)19(18)34-20)13-10(23)4-9-16-8(7-28-31-16)6-27-17(9)15(13)26/h4-7H,1-3H3,(H,28,31)(H,29,30,32). The third-order valence-electron chi connectivity index (χ3n) is 4.89. The zero-order valence-electron chi connectivity index (χ0n) is 17.9. The number of ether oxygens (including phenoxy) is 1. The number of rotatable bonds is 2. The lowest BCUT2D eigenvalue weighted by molar-refractivity contribution is 0.0636. The second-order valence-corrected chi connectivity index (χ2v) is 9.85. The first-order chi connectivity index (χ1) is 16.0. The number of carbonyl (C=O) groups excluding carboxylic acids is 1. The minimum absolute atomic E-state index is 0.0513. The molecule has 5 rings (SSSR count). The molecule has 12 heteroatoms. The lowest BCUT2D eigenvalue weighted by atomic mass is 10.00. The number of fused-ring (bicyclic) bond motifs is 4. The number of nitrogens with zero attached hydrogens (tertiary/aromatic N) is 3. The zero-order chi connectivity index (χ0) is 24.4. The minimum Gasteiger partial charge on any atom is -0.444 e. The molecule has 34 heavy (non-hydrogen) atoms. The summed E-state index contributed by atoms with van der Waals surface area (Å²) in [6.45, 7) is 5.02. The predicted octanol–water partition coefficient (Wildman–Crippen LogP) is 6.81. The van der Waals surface area contributed by atoms with Crippen LogP contribution in [0.1, 0.15) is 20.8 Å². The summed E-state index contributed by atoms with van der Waals surface area (Å²) in [5.74, 6) is -2.89. The average molecular weight is 506 g/mol. The number of amides is 1. The van der Waals surface area contributed by atoms with Crippen LogP contribution in [0.3, 0.4) is 0 Å². The van der Waals surface area contributed by atoms with E-state index >= 15 is 8.78 Å². The van der Waals surface area contributed by atoms with Crippen LogP contribution in [0.4, 0.5) is 23.1 Å². The highest BCUT2D eigenvalue weighted by Crippen LogP contribution is 2.43. The minimum atomic E-state index is -1.07. The largest absolute Gasteiger partial charge is 0.444 e. The van der Waals surface area contributed by atoms with Gasteiger partial charge in [0.05, 0.1) is 27.0 Å². The lowest BCUT2D eigenvalue weighted by Gasteiger charge is -2.18. The molecule has 2 aromatic carbocycles. The molecule has 0 aliphatic heterocycles. The van der Waals surface area contributed by atoms with Crippen LogP contribution in [0.25, 0.3) is 43.1 Å². The number of carbonyl (C=O) groups is 1. The van der Waals surface area contributed by atoms with Gasteiger partial charge in [-0.05, 0) is 26.8 Å². The first kappa shape index (κ1) is 22.4. The lowest BCUT2D eigenvalue weighted by Crippen LogP contribution is -2.27. The van der Waals surface area contributed by atoms with Gasteiger partial charge in [-0.15, -0.1) is 0 Å². The molecular weight excluding hydrogens is 491 g/mol. The SMILES string of the molecule is CC(C)(C)OC(=O)Nc1nc2c(-c3c(Cl)cc4c(ncc5cn[nH]c54)c3F)c(F)cc(F)c2s1. The smallest absolute Gasteiger partial charge is 0.413 e. The Morgan fingerprint density at radius 1 is 1.12 bits per heavy atom. The summed E-state index contributed by atoms with van der Waals surface area (Å²) in [6.07, 6.45) is 2.13. The maximum Gasteiger partial charge on any atom is 0.413 e. The average Bonchev–Trinajstić information content (AvgIpc) is 3.36. The molecular formula is C22H15ClF3N5O2S. The quantitative estimate of drug-likeness (QED) is 0.275. The van der Waals surface area contributed by atoms with Crippen LogP contribution in [-0.4, -0.2) is 31.9 Å². The highest BCUT2D eigenvalue weighted by atomic mass is 35.5. The van der Waals surface area contributed by atoms with Crippen molar-refractivity contribution in [3.05, 3.63) is 47.0 Å². The Bertz CT molecular complexity index is 1630. The second-order valence-electron chi connectivity index (χ2n) is 8.44. The van der Waals surface area contributed by atoms with Gasteiger partial charge in [-0.2, -0.15) is 5.10 Å². The Balaban J connectivity index is 1.71. The van der Waals surface area contributed by atoms with Crippen LogP contribution in [-0.2, 0) is 4.74 Å². The van der Waals surface area contributed by atoms with Crippen molar-refractivity contribution in [1.82, 2.24) is 20.2 Å². The van der Waals surface area contributed by atoms with Gasteiger partial charge < -0.3 is 4.74 Å². The first-order valence-corrected chi connectivity index (χ1v) is 11.1. The number of H-pyrrole nitrogens is 1. The van der Waals surface area contributed by atoms with Crippen molar-refractivity contribution in [2.24, 2.45) is 0 Å². The predicted molar refractivity (Wildman–Crippen MR) is 125 cm³/mol. The van der Waals surface area contributed by atoms with Crippen LogP contribution in [0.5, 0.6) is 0 Å². The molecule has 0 aliphatic rings. The molecule has 0 radical (unpaired) electrons. The van der Waals surface area contributed by atoms with Gasteiger partial charge in [0.15, 0.2) is 10.9 Å². The van der Waals surface area contributed by atoms with Gasteiger partial charge in [0.25, 0.3) is 0 Å². The molecule has 0 bridgehead atoms. The molecule has 3 aromatic heterocycles. The Morgan fingerprint density at radius 3 is 2.62 bits per heavy atom. The van der Waals surface area contributed by atoms with E-state index in [0.717, 1.165) is 11.3 Å². The molecule has 3 heterocycles. The van der Waals surface area contributed by atoms with E-state index in [9.17, 15) is 9.18 Å². The fourth-order valence-corrected chi connectivity index (χ4v) is 4.75. The highest BCUT2D eigenvalue weighted by Gasteiger charge is 2.26. The summed E-state index contributed by atoms with van der Waals surface area (Å²) in [6, 6.07) is 2.06. The van der Waals surface area contributed by atoms with Gasteiger partial charge in [-0.3, -0.25) is 15.4 Å². The van der Waals surface area contributed by atoms with E-state index < -0.39 is 29.1 Å². The van der Waals surface area contributed by atoms with E-state index in [0.29, 0.717) is 22.4 Å². The summed E-state index contributed by atoms with van der Waals surface area (Å²) in [5.41, 5.74) is -1.21.